The fourth-order valence-corrected chi connectivity index (χ4v) is 1.80. The number of hydrogen-bond acceptors (Lipinski definition) is 6. The molecule has 3 N–H and O–H groups in total. The molecule has 22 heavy (non-hydrogen) atoms. The molecule has 1 rings (SSSR count). The van der Waals surface area contributed by atoms with Crippen molar-refractivity contribution in [1.29, 1.82) is 0 Å². The summed E-state index contributed by atoms with van der Waals surface area (Å²) in [6.07, 6.45) is -1.07. The molecule has 124 valence electrons. The van der Waals surface area contributed by atoms with Crippen LogP contribution in [0.3, 0.4) is 0 Å². The highest BCUT2D eigenvalue weighted by molar-refractivity contribution is 5.67. The quantitative estimate of drug-likeness (QED) is 0.734. The number of ether oxygens (including phenoxy) is 2. The van der Waals surface area contributed by atoms with E-state index in [1.165, 1.54) is 13.3 Å². The first-order chi connectivity index (χ1) is 10.2. The molecule has 0 radical (unpaired) electrons. The van der Waals surface area contributed by atoms with E-state index in [-0.39, 0.29) is 18.8 Å². The third-order valence-electron chi connectivity index (χ3n) is 2.79. The van der Waals surface area contributed by atoms with Gasteiger partial charge in [-0.05, 0) is 39.3 Å². The molecule has 1 amide bonds. The summed E-state index contributed by atoms with van der Waals surface area (Å²) < 4.78 is 10.1. The smallest absolute Gasteiger partial charge is 0.407 e. The fourth-order valence-electron chi connectivity index (χ4n) is 1.80. The zero-order valence-electron chi connectivity index (χ0n) is 13.4. The predicted octanol–water partition coefficient (Wildman–Crippen LogP) is 1.40. The summed E-state index contributed by atoms with van der Waals surface area (Å²) >= 11 is 0. The number of alkyl carbamates (subject to hydrolysis) is 1. The lowest BCUT2D eigenvalue weighted by Crippen LogP contribution is -2.34. The second-order valence-corrected chi connectivity index (χ2v) is 5.83. The zero-order chi connectivity index (χ0) is 16.8. The van der Waals surface area contributed by atoms with Crippen LogP contribution in [0, 0.1) is 0 Å². The highest BCUT2D eigenvalue weighted by atomic mass is 16.6. The second kappa shape index (κ2) is 7.95. The van der Waals surface area contributed by atoms with Crippen LogP contribution in [0.1, 0.15) is 38.9 Å². The van der Waals surface area contributed by atoms with Crippen LogP contribution >= 0.6 is 0 Å². The van der Waals surface area contributed by atoms with Crippen molar-refractivity contribution < 1.29 is 24.5 Å². The molecular formula is C15H24N2O5. The molecule has 0 aliphatic rings. The van der Waals surface area contributed by atoms with Gasteiger partial charge in [0, 0.05) is 18.3 Å². The molecule has 0 saturated carbocycles. The number of nitrogens with one attached hydrogen (secondary N) is 1. The molecule has 2 unspecified atom stereocenters. The van der Waals surface area contributed by atoms with Gasteiger partial charge in [-0.2, -0.15) is 0 Å². The largest absolute Gasteiger partial charge is 0.481 e. The third-order valence-corrected chi connectivity index (χ3v) is 2.79. The summed E-state index contributed by atoms with van der Waals surface area (Å²) in [5.74, 6) is 0.258. The number of hydrogen-bond donors (Lipinski definition) is 3. The van der Waals surface area contributed by atoms with Gasteiger partial charge in [0.25, 0.3) is 0 Å². The predicted molar refractivity (Wildman–Crippen MR) is 80.6 cm³/mol. The Morgan fingerprint density at radius 1 is 1.41 bits per heavy atom. The van der Waals surface area contributed by atoms with E-state index in [1.807, 2.05) is 0 Å². The summed E-state index contributed by atoms with van der Waals surface area (Å²) in [6, 6.07) is 3.27. The van der Waals surface area contributed by atoms with Gasteiger partial charge in [-0.3, -0.25) is 0 Å². The van der Waals surface area contributed by atoms with Crippen LogP contribution in [0.2, 0.25) is 0 Å². The molecular weight excluding hydrogens is 288 g/mol. The van der Waals surface area contributed by atoms with Gasteiger partial charge in [0.15, 0.2) is 0 Å². The first-order valence-electron chi connectivity index (χ1n) is 7.06. The molecule has 1 aromatic heterocycles. The second-order valence-electron chi connectivity index (χ2n) is 5.83. The normalized spacial score (nSPS) is 14.1. The fraction of sp³-hybridized carbons (Fsp3) is 0.600. The summed E-state index contributed by atoms with van der Waals surface area (Å²) in [4.78, 5) is 15.4. The van der Waals surface area contributed by atoms with E-state index in [4.69, 9.17) is 9.47 Å². The maximum atomic E-state index is 11.5. The van der Waals surface area contributed by atoms with E-state index in [1.54, 1.807) is 32.9 Å². The summed E-state index contributed by atoms with van der Waals surface area (Å²) in [5.41, 5.74) is -0.180. The van der Waals surface area contributed by atoms with Crippen LogP contribution in [0.4, 0.5) is 4.79 Å². The molecule has 0 aromatic carbocycles. The van der Waals surface area contributed by atoms with Crippen molar-refractivity contribution in [2.75, 3.05) is 13.7 Å². The van der Waals surface area contributed by atoms with Crippen LogP contribution in [0.25, 0.3) is 0 Å². The lowest BCUT2D eigenvalue weighted by molar-refractivity contribution is 0.0107. The Labute approximate surface area is 130 Å². The van der Waals surface area contributed by atoms with E-state index in [2.05, 4.69) is 10.3 Å². The van der Waals surface area contributed by atoms with Crippen molar-refractivity contribution in [1.82, 2.24) is 10.3 Å². The van der Waals surface area contributed by atoms with Crippen LogP contribution in [-0.2, 0) is 4.74 Å². The van der Waals surface area contributed by atoms with Gasteiger partial charge in [-0.25, -0.2) is 9.78 Å². The maximum Gasteiger partial charge on any atom is 0.407 e. The van der Waals surface area contributed by atoms with Crippen LogP contribution in [-0.4, -0.2) is 46.6 Å². The highest BCUT2D eigenvalue weighted by Crippen LogP contribution is 2.25. The Morgan fingerprint density at radius 2 is 2.09 bits per heavy atom. The first kappa shape index (κ1) is 18.2. The Balaban J connectivity index is 2.48. The Kier molecular flexibility index (Phi) is 6.58. The first-order valence-corrected chi connectivity index (χ1v) is 7.06. The number of aromatic nitrogens is 1. The topological polar surface area (TPSA) is 101 Å². The van der Waals surface area contributed by atoms with Gasteiger partial charge in [0.05, 0.1) is 13.2 Å². The summed E-state index contributed by atoms with van der Waals surface area (Å²) in [7, 11) is 1.44. The number of aliphatic hydroxyl groups is 2. The average Bonchev–Trinajstić information content (AvgIpc) is 2.44. The average molecular weight is 312 g/mol. The standard InChI is InChI=1S/C15H24N2O5/c1-15(2,3)22-14(20)17-9-7-11(18)12(19)10-6-5-8-16-13(10)21-4/h5-6,8,11-12,18-19H,7,9H2,1-4H3,(H,17,20). The van der Waals surface area contributed by atoms with E-state index < -0.39 is 23.9 Å². The summed E-state index contributed by atoms with van der Waals surface area (Å²) in [6.45, 7) is 5.47. The van der Waals surface area contributed by atoms with Crippen molar-refractivity contribution in [3.05, 3.63) is 23.9 Å². The summed E-state index contributed by atoms with van der Waals surface area (Å²) in [5, 5.41) is 22.7. The van der Waals surface area contributed by atoms with Gasteiger partial charge >= 0.3 is 6.09 Å². The molecule has 1 heterocycles. The molecule has 0 spiro atoms. The highest BCUT2D eigenvalue weighted by Gasteiger charge is 2.23. The third kappa shape index (κ3) is 5.87. The Bertz CT molecular complexity index is 487. The van der Waals surface area contributed by atoms with Gasteiger partial charge in [-0.1, -0.05) is 0 Å². The Morgan fingerprint density at radius 3 is 2.68 bits per heavy atom. The molecule has 0 bridgehead atoms. The van der Waals surface area contributed by atoms with Gasteiger partial charge in [0.1, 0.15) is 11.7 Å². The van der Waals surface area contributed by atoms with E-state index in [0.717, 1.165) is 0 Å². The number of carbonyl (C=O) groups is 1. The monoisotopic (exact) mass is 312 g/mol. The van der Waals surface area contributed by atoms with E-state index in [9.17, 15) is 15.0 Å². The van der Waals surface area contributed by atoms with Crippen LogP contribution in [0.5, 0.6) is 5.88 Å². The maximum absolute atomic E-state index is 11.5. The minimum absolute atomic E-state index is 0.165. The van der Waals surface area contributed by atoms with Gasteiger partial charge in [0.2, 0.25) is 5.88 Å². The number of rotatable bonds is 6. The number of nitrogens with zero attached hydrogens (tertiary/aromatic N) is 1. The van der Waals surface area contributed by atoms with Gasteiger partial charge in [-0.15, -0.1) is 0 Å². The minimum atomic E-state index is -1.15. The zero-order valence-corrected chi connectivity index (χ0v) is 13.4. The molecule has 1 aromatic rings. The molecule has 2 atom stereocenters. The van der Waals surface area contributed by atoms with E-state index in [0.29, 0.717) is 5.56 Å². The van der Waals surface area contributed by atoms with Crippen molar-refractivity contribution in [2.24, 2.45) is 0 Å². The van der Waals surface area contributed by atoms with Crippen LogP contribution < -0.4 is 10.1 Å². The number of aliphatic hydroxyl groups excluding tert-OH is 2. The Hall–Kier alpha value is -1.86. The molecule has 7 heteroatoms. The van der Waals surface area contributed by atoms with E-state index >= 15 is 0 Å². The molecule has 7 nitrogen and oxygen atoms in total. The van der Waals surface area contributed by atoms with Crippen molar-refractivity contribution in [3.8, 4) is 5.88 Å². The van der Waals surface area contributed by atoms with Crippen molar-refractivity contribution >= 4 is 6.09 Å². The van der Waals surface area contributed by atoms with Crippen molar-refractivity contribution in [2.45, 2.75) is 45.0 Å². The van der Waals surface area contributed by atoms with Gasteiger partial charge < -0.3 is 25.0 Å². The molecule has 0 aliphatic heterocycles. The van der Waals surface area contributed by atoms with Crippen molar-refractivity contribution in [3.63, 3.8) is 0 Å². The molecule has 0 saturated heterocycles. The minimum Gasteiger partial charge on any atom is -0.481 e. The lowest BCUT2D eigenvalue weighted by Gasteiger charge is -2.21. The number of amides is 1. The van der Waals surface area contributed by atoms with Crippen LogP contribution in [0.15, 0.2) is 18.3 Å². The number of methoxy groups -OCH3 is 1. The SMILES string of the molecule is COc1ncccc1C(O)C(O)CCNC(=O)OC(C)(C)C. The lowest BCUT2D eigenvalue weighted by atomic mass is 10.0. The number of carbonyl (C=O) groups excluding carboxylic acids is 1. The molecule has 0 aliphatic carbocycles. The molecule has 0 fully saturated rings. The number of pyridine rings is 1.